The van der Waals surface area contributed by atoms with Gasteiger partial charge in [-0.2, -0.15) is 10.4 Å². The van der Waals surface area contributed by atoms with Gasteiger partial charge in [-0.25, -0.2) is 9.07 Å². The van der Waals surface area contributed by atoms with Crippen LogP contribution < -0.4 is 15.8 Å². The number of fused-ring (bicyclic) bond motifs is 1. The van der Waals surface area contributed by atoms with Crippen LogP contribution in [0.1, 0.15) is 23.2 Å². The molecule has 4 rings (SSSR count). The molecule has 2 heterocycles. The number of benzene rings is 2. The number of ether oxygens (including phenoxy) is 1. The molecule has 0 saturated heterocycles. The van der Waals surface area contributed by atoms with Gasteiger partial charge < -0.3 is 15.8 Å². The maximum Gasteiger partial charge on any atom is 0.226 e. The van der Waals surface area contributed by atoms with E-state index >= 15 is 0 Å². The minimum absolute atomic E-state index is 0.0903. The molecule has 3 N–H and O–H groups in total. The van der Waals surface area contributed by atoms with E-state index in [2.05, 4.69) is 16.5 Å². The van der Waals surface area contributed by atoms with Crippen LogP contribution in [0.4, 0.5) is 10.2 Å². The van der Waals surface area contributed by atoms with Gasteiger partial charge in [0.1, 0.15) is 35.6 Å². The number of hydrogen-bond acceptors (Lipinski definition) is 5. The van der Waals surface area contributed by atoms with E-state index in [0.717, 1.165) is 11.3 Å². The number of nitrogens with zero attached hydrogens (tertiary/aromatic N) is 3. The first kappa shape index (κ1) is 21.7. The first-order valence-electron chi connectivity index (χ1n) is 10.2. The Hall–Kier alpha value is -3.57. The topological polar surface area (TPSA) is 106 Å². The molecule has 2 aromatic carbocycles. The smallest absolute Gasteiger partial charge is 0.226 e. The summed E-state index contributed by atoms with van der Waals surface area (Å²) in [5, 5.41) is 17.4. The SMILES string of the molecule is N#Cc1c(CCCNC(=O)C2COc3ccc(Cl)cc3C2)nn(-c2ccc(F)cc2)c1N. The highest BCUT2D eigenvalue weighted by Crippen LogP contribution is 2.30. The lowest BCUT2D eigenvalue weighted by atomic mass is 9.96. The van der Waals surface area contributed by atoms with Gasteiger partial charge in [0, 0.05) is 11.6 Å². The standard InChI is InChI=1S/C23H21ClFN5O2/c24-16-3-8-21-14(11-16)10-15(13-32-21)23(31)28-9-1-2-20-19(12-26)22(27)30(29-20)18-6-4-17(25)5-7-18/h3-8,11,15H,1-2,9-10,13,27H2,(H,28,31). The minimum atomic E-state index is -0.370. The van der Waals surface area contributed by atoms with Crippen LogP contribution in [-0.4, -0.2) is 28.8 Å². The fraction of sp³-hybridized carbons (Fsp3) is 0.261. The summed E-state index contributed by atoms with van der Waals surface area (Å²) in [5.41, 5.74) is 8.39. The quantitative estimate of drug-likeness (QED) is 0.556. The van der Waals surface area contributed by atoms with Crippen molar-refractivity contribution in [3.05, 3.63) is 70.1 Å². The molecule has 1 unspecified atom stereocenters. The van der Waals surface area contributed by atoms with E-state index in [4.69, 9.17) is 22.1 Å². The Kier molecular flexibility index (Phi) is 6.28. The van der Waals surface area contributed by atoms with Gasteiger partial charge in [0.25, 0.3) is 0 Å². The second-order valence-corrected chi connectivity index (χ2v) is 8.00. The van der Waals surface area contributed by atoms with Crippen molar-refractivity contribution in [2.75, 3.05) is 18.9 Å². The zero-order valence-electron chi connectivity index (χ0n) is 17.1. The van der Waals surface area contributed by atoms with E-state index in [1.165, 1.54) is 16.8 Å². The molecular formula is C23H21ClFN5O2. The summed E-state index contributed by atoms with van der Waals surface area (Å²) in [7, 11) is 0. The third kappa shape index (κ3) is 4.53. The van der Waals surface area contributed by atoms with Crippen molar-refractivity contribution in [3.63, 3.8) is 0 Å². The Morgan fingerprint density at radius 1 is 1.34 bits per heavy atom. The fourth-order valence-electron chi connectivity index (χ4n) is 3.70. The van der Waals surface area contributed by atoms with Gasteiger partial charge in [0.05, 0.1) is 17.3 Å². The number of hydrogen-bond donors (Lipinski definition) is 2. The number of halogens is 2. The van der Waals surface area contributed by atoms with E-state index in [0.29, 0.717) is 48.8 Å². The molecule has 1 amide bonds. The van der Waals surface area contributed by atoms with Crippen LogP contribution in [0.3, 0.4) is 0 Å². The van der Waals surface area contributed by atoms with Gasteiger partial charge in [-0.15, -0.1) is 0 Å². The normalized spacial score (nSPS) is 14.8. The van der Waals surface area contributed by atoms with Crippen LogP contribution in [0.25, 0.3) is 5.69 Å². The number of nitrogens with one attached hydrogen (secondary N) is 1. The monoisotopic (exact) mass is 453 g/mol. The van der Waals surface area contributed by atoms with E-state index in [1.807, 2.05) is 12.1 Å². The average Bonchev–Trinajstić information content (AvgIpc) is 3.11. The largest absolute Gasteiger partial charge is 0.492 e. The van der Waals surface area contributed by atoms with Crippen molar-refractivity contribution in [1.82, 2.24) is 15.1 Å². The van der Waals surface area contributed by atoms with Gasteiger partial charge in [0.15, 0.2) is 0 Å². The molecule has 0 radical (unpaired) electrons. The molecule has 164 valence electrons. The molecule has 9 heteroatoms. The maximum absolute atomic E-state index is 13.2. The average molecular weight is 454 g/mol. The Morgan fingerprint density at radius 3 is 2.88 bits per heavy atom. The molecule has 32 heavy (non-hydrogen) atoms. The molecule has 0 aliphatic carbocycles. The van der Waals surface area contributed by atoms with Crippen LogP contribution in [0, 0.1) is 23.1 Å². The molecule has 0 fully saturated rings. The Morgan fingerprint density at radius 2 is 2.12 bits per heavy atom. The summed E-state index contributed by atoms with van der Waals surface area (Å²) in [6.07, 6.45) is 1.61. The van der Waals surface area contributed by atoms with Gasteiger partial charge in [-0.1, -0.05) is 11.6 Å². The molecule has 3 aromatic rings. The fourth-order valence-corrected chi connectivity index (χ4v) is 3.89. The maximum atomic E-state index is 13.2. The number of aryl methyl sites for hydroxylation is 1. The molecule has 1 aromatic heterocycles. The molecule has 7 nitrogen and oxygen atoms in total. The van der Waals surface area contributed by atoms with Crippen molar-refractivity contribution >= 4 is 23.3 Å². The van der Waals surface area contributed by atoms with Crippen LogP contribution in [-0.2, 0) is 17.6 Å². The summed E-state index contributed by atoms with van der Waals surface area (Å²) in [6.45, 7) is 0.740. The lowest BCUT2D eigenvalue weighted by molar-refractivity contribution is -0.126. The van der Waals surface area contributed by atoms with Gasteiger partial charge in [0.2, 0.25) is 5.91 Å². The number of aromatic nitrogens is 2. The van der Waals surface area contributed by atoms with Gasteiger partial charge >= 0.3 is 0 Å². The van der Waals surface area contributed by atoms with Crippen molar-refractivity contribution in [2.24, 2.45) is 5.92 Å². The van der Waals surface area contributed by atoms with E-state index in [1.54, 1.807) is 18.2 Å². The van der Waals surface area contributed by atoms with Crippen molar-refractivity contribution in [1.29, 1.82) is 5.26 Å². The van der Waals surface area contributed by atoms with Crippen LogP contribution in [0.2, 0.25) is 5.02 Å². The molecular weight excluding hydrogens is 433 g/mol. The number of anilines is 1. The number of rotatable bonds is 6. The van der Waals surface area contributed by atoms with Crippen molar-refractivity contribution in [3.8, 4) is 17.5 Å². The summed E-state index contributed by atoms with van der Waals surface area (Å²) in [5.74, 6) is 0.217. The summed E-state index contributed by atoms with van der Waals surface area (Å²) >= 11 is 6.04. The molecule has 0 spiro atoms. The minimum Gasteiger partial charge on any atom is -0.492 e. The number of carbonyl (C=O) groups is 1. The molecule has 0 bridgehead atoms. The highest BCUT2D eigenvalue weighted by Gasteiger charge is 2.26. The van der Waals surface area contributed by atoms with Crippen LogP contribution in [0.15, 0.2) is 42.5 Å². The lowest BCUT2D eigenvalue weighted by Gasteiger charge is -2.24. The molecule has 1 atom stereocenters. The third-order valence-corrected chi connectivity index (χ3v) is 5.60. The molecule has 0 saturated carbocycles. The number of carbonyl (C=O) groups excluding carboxylic acids is 1. The number of nitriles is 1. The Labute approximate surface area is 189 Å². The highest BCUT2D eigenvalue weighted by atomic mass is 35.5. The Bertz CT molecular complexity index is 1190. The first-order chi connectivity index (χ1) is 15.5. The van der Waals surface area contributed by atoms with Crippen molar-refractivity contribution in [2.45, 2.75) is 19.3 Å². The van der Waals surface area contributed by atoms with E-state index < -0.39 is 0 Å². The zero-order chi connectivity index (χ0) is 22.7. The van der Waals surface area contributed by atoms with Crippen LogP contribution in [0.5, 0.6) is 5.75 Å². The lowest BCUT2D eigenvalue weighted by Crippen LogP contribution is -2.37. The second kappa shape index (κ2) is 9.28. The predicted octanol–water partition coefficient (Wildman–Crippen LogP) is 3.42. The highest BCUT2D eigenvalue weighted by molar-refractivity contribution is 6.30. The zero-order valence-corrected chi connectivity index (χ0v) is 17.9. The summed E-state index contributed by atoms with van der Waals surface area (Å²) < 4.78 is 20.3. The molecule has 1 aliphatic rings. The summed E-state index contributed by atoms with van der Waals surface area (Å²) in [4.78, 5) is 12.6. The van der Waals surface area contributed by atoms with Crippen LogP contribution >= 0.6 is 11.6 Å². The summed E-state index contributed by atoms with van der Waals surface area (Å²) in [6, 6.07) is 13.2. The third-order valence-electron chi connectivity index (χ3n) is 5.37. The Balaban J connectivity index is 1.34. The van der Waals surface area contributed by atoms with E-state index in [-0.39, 0.29) is 29.0 Å². The number of nitrogen functional groups attached to an aromatic ring is 1. The van der Waals surface area contributed by atoms with E-state index in [9.17, 15) is 14.4 Å². The second-order valence-electron chi connectivity index (χ2n) is 7.57. The number of amides is 1. The van der Waals surface area contributed by atoms with Crippen molar-refractivity contribution < 1.29 is 13.9 Å². The predicted molar refractivity (Wildman–Crippen MR) is 118 cm³/mol. The molecule has 1 aliphatic heterocycles. The number of nitrogens with two attached hydrogens (primary N) is 1. The van der Waals surface area contributed by atoms with Gasteiger partial charge in [-0.3, -0.25) is 4.79 Å². The van der Waals surface area contributed by atoms with Gasteiger partial charge in [-0.05, 0) is 67.3 Å². The first-order valence-corrected chi connectivity index (χ1v) is 10.6.